The molecule has 0 amide bonds. The number of rotatable bonds is 0. The number of alkyl halides is 10. The molecule has 1 aliphatic rings. The van der Waals surface area contributed by atoms with Gasteiger partial charge in [-0.25, -0.2) is 22.0 Å². The molecule has 0 spiro atoms. The smallest absolute Gasteiger partial charge is 0.289 e. The molecule has 100 valence electrons. The van der Waals surface area contributed by atoms with Crippen LogP contribution in [-0.4, -0.2) is 31.4 Å². The van der Waals surface area contributed by atoms with Gasteiger partial charge in [-0.3, -0.25) is 0 Å². The fourth-order valence-electron chi connectivity index (χ4n) is 1.10. The Balaban J connectivity index is 3.62. The van der Waals surface area contributed by atoms with Gasteiger partial charge in [0, 0.05) is 0 Å². The molecule has 4 atom stereocenters. The van der Waals surface area contributed by atoms with Gasteiger partial charge in [-0.05, 0) is 0 Å². The molecule has 0 heterocycles. The Bertz CT molecular complexity index is 347. The number of halogens is 10. The lowest BCUT2D eigenvalue weighted by atomic mass is 9.87. The lowest BCUT2D eigenvalue weighted by Gasteiger charge is -2.50. The Hall–Kier alpha value is 0.770. The molecule has 1 N–H and O–H groups in total. The minimum atomic E-state index is -4.67. The Morgan fingerprint density at radius 1 is 0.647 bits per heavy atom. The van der Waals surface area contributed by atoms with Crippen LogP contribution in [0.4, 0.5) is 22.0 Å². The Labute approximate surface area is 117 Å². The van der Waals surface area contributed by atoms with Crippen LogP contribution in [0.25, 0.3) is 0 Å². The predicted octanol–water partition coefficient (Wildman–Crippen LogP) is 4.54. The first-order valence-corrected chi connectivity index (χ1v) is 5.53. The van der Waals surface area contributed by atoms with Gasteiger partial charge in [0.1, 0.15) is 5.71 Å². The van der Waals surface area contributed by atoms with Crippen LogP contribution in [0, 0.1) is 5.41 Å². The topological polar surface area (TPSA) is 23.9 Å². The van der Waals surface area contributed by atoms with Crippen LogP contribution in [-0.2, 0) is 0 Å². The molecule has 17 heavy (non-hydrogen) atoms. The van der Waals surface area contributed by atoms with Crippen molar-refractivity contribution in [1.29, 1.82) is 5.41 Å². The van der Waals surface area contributed by atoms with E-state index in [1.165, 1.54) is 0 Å². The average Bonchev–Trinajstić information content (AvgIpc) is 2.13. The van der Waals surface area contributed by atoms with Crippen molar-refractivity contribution in [2.24, 2.45) is 0 Å². The molecule has 1 fully saturated rings. The lowest BCUT2D eigenvalue weighted by molar-refractivity contribution is -0.0873. The largest absolute Gasteiger partial charge is 0.300 e. The minimum absolute atomic E-state index is 2.24. The first kappa shape index (κ1) is 15.8. The molecule has 11 heteroatoms. The summed E-state index contributed by atoms with van der Waals surface area (Å²) in [6, 6.07) is 0. The van der Waals surface area contributed by atoms with E-state index in [9.17, 15) is 22.0 Å². The molecule has 0 aromatic rings. The van der Waals surface area contributed by atoms with Gasteiger partial charge in [0.25, 0.3) is 25.6 Å². The second kappa shape index (κ2) is 3.66. The van der Waals surface area contributed by atoms with Crippen molar-refractivity contribution in [1.82, 2.24) is 0 Å². The van der Waals surface area contributed by atoms with Gasteiger partial charge >= 0.3 is 0 Å². The van der Waals surface area contributed by atoms with Crippen LogP contribution in [0.3, 0.4) is 0 Å². The zero-order valence-electron chi connectivity index (χ0n) is 7.28. The number of hydrogen-bond donors (Lipinski definition) is 1. The van der Waals surface area contributed by atoms with E-state index >= 15 is 0 Å². The summed E-state index contributed by atoms with van der Waals surface area (Å²) in [5.41, 5.74) is -2.24. The fourth-order valence-corrected chi connectivity index (χ4v) is 2.53. The van der Waals surface area contributed by atoms with Gasteiger partial charge in [-0.1, -0.05) is 58.0 Å². The van der Waals surface area contributed by atoms with Crippen LogP contribution in [0.1, 0.15) is 0 Å². The van der Waals surface area contributed by atoms with Crippen molar-refractivity contribution in [3.8, 4) is 0 Å². The molecular weight excluding hydrogens is 358 g/mol. The molecule has 0 bridgehead atoms. The van der Waals surface area contributed by atoms with E-state index in [0.29, 0.717) is 0 Å². The molecule has 1 aliphatic carbocycles. The molecule has 0 saturated heterocycles. The third-order valence-electron chi connectivity index (χ3n) is 2.21. The molecule has 0 aromatic heterocycles. The summed E-state index contributed by atoms with van der Waals surface area (Å²) in [5.74, 6) is 0. The average molecular weight is 359 g/mol. The summed E-state index contributed by atoms with van der Waals surface area (Å²) >= 11 is 23.5. The normalized spacial score (nSPS) is 60.5. The van der Waals surface area contributed by atoms with Crippen LogP contribution < -0.4 is 0 Å². The van der Waals surface area contributed by atoms with Gasteiger partial charge in [0.2, 0.25) is 0 Å². The zero-order chi connectivity index (χ0) is 14.1. The van der Waals surface area contributed by atoms with Gasteiger partial charge in [0.15, 0.2) is 0 Å². The molecule has 1 nitrogen and oxygen atoms in total. The highest BCUT2D eigenvalue weighted by Crippen LogP contribution is 2.67. The highest BCUT2D eigenvalue weighted by atomic mass is 35.5. The Morgan fingerprint density at radius 2 is 0.882 bits per heavy atom. The molecule has 4 unspecified atom stereocenters. The van der Waals surface area contributed by atoms with E-state index < -0.39 is 31.4 Å². The van der Waals surface area contributed by atoms with Crippen molar-refractivity contribution >= 4 is 63.7 Å². The summed E-state index contributed by atoms with van der Waals surface area (Å²) < 4.78 is 67.8. The summed E-state index contributed by atoms with van der Waals surface area (Å²) in [6.07, 6.45) is 0. The standard InChI is InChI=1S/C6HCl5F5N/c7-2(12)1(17)3(8,13)5(10,15)6(11,16)4(2,9)14/h17H. The highest BCUT2D eigenvalue weighted by Gasteiger charge is 2.88. The van der Waals surface area contributed by atoms with Crippen LogP contribution in [0.5, 0.6) is 0 Å². The maximum absolute atomic E-state index is 13.6. The first-order chi connectivity index (χ1) is 7.15. The van der Waals surface area contributed by atoms with E-state index in [1.807, 2.05) is 0 Å². The van der Waals surface area contributed by atoms with Gasteiger partial charge < -0.3 is 5.41 Å². The first-order valence-electron chi connectivity index (χ1n) is 3.64. The molecule has 1 saturated carbocycles. The van der Waals surface area contributed by atoms with Crippen molar-refractivity contribution in [2.75, 3.05) is 0 Å². The SMILES string of the molecule is N=C1C(F)(Cl)C(F)(Cl)C(F)(Cl)C(F)(Cl)C1(F)Cl. The third-order valence-corrected chi connectivity index (χ3v) is 5.05. The fraction of sp³-hybridized carbons (Fsp3) is 0.833. The maximum Gasteiger partial charge on any atom is 0.289 e. The highest BCUT2D eigenvalue weighted by molar-refractivity contribution is 6.55. The van der Waals surface area contributed by atoms with E-state index in [-0.39, 0.29) is 0 Å². The molecule has 0 aliphatic heterocycles. The van der Waals surface area contributed by atoms with Gasteiger partial charge in [-0.2, -0.15) is 0 Å². The lowest BCUT2D eigenvalue weighted by Crippen LogP contribution is -2.76. The monoisotopic (exact) mass is 357 g/mol. The van der Waals surface area contributed by atoms with E-state index in [1.54, 1.807) is 0 Å². The number of hydrogen-bond acceptors (Lipinski definition) is 1. The Kier molecular flexibility index (Phi) is 3.40. The summed E-state index contributed by atoms with van der Waals surface area (Å²) in [7, 11) is 0. The van der Waals surface area contributed by atoms with Gasteiger partial charge in [0.05, 0.1) is 0 Å². The quantitative estimate of drug-likeness (QED) is 0.485. The molecular formula is C6HCl5F5N. The van der Waals surface area contributed by atoms with E-state index in [4.69, 9.17) is 51.8 Å². The van der Waals surface area contributed by atoms with E-state index in [0.717, 1.165) is 0 Å². The van der Waals surface area contributed by atoms with Gasteiger partial charge in [-0.15, -0.1) is 0 Å². The summed E-state index contributed by atoms with van der Waals surface area (Å²) in [5, 5.41) is -15.6. The van der Waals surface area contributed by atoms with Crippen molar-refractivity contribution in [2.45, 2.75) is 25.6 Å². The van der Waals surface area contributed by atoms with Crippen LogP contribution >= 0.6 is 58.0 Å². The second-order valence-corrected chi connectivity index (χ2v) is 5.85. The molecule has 1 rings (SSSR count). The molecule has 0 radical (unpaired) electrons. The molecule has 0 aromatic carbocycles. The Morgan fingerprint density at radius 3 is 1.12 bits per heavy atom. The minimum Gasteiger partial charge on any atom is -0.300 e. The predicted molar refractivity (Wildman–Crippen MR) is 56.2 cm³/mol. The number of nitrogens with one attached hydrogen (secondary N) is 1. The maximum atomic E-state index is 13.6. The third kappa shape index (κ3) is 1.54. The van der Waals surface area contributed by atoms with E-state index in [2.05, 4.69) is 11.6 Å². The second-order valence-electron chi connectivity index (χ2n) is 3.25. The summed E-state index contributed by atoms with van der Waals surface area (Å²) in [6.45, 7) is 0. The zero-order valence-corrected chi connectivity index (χ0v) is 11.1. The summed E-state index contributed by atoms with van der Waals surface area (Å²) in [4.78, 5) is 0. The van der Waals surface area contributed by atoms with Crippen molar-refractivity contribution < 1.29 is 22.0 Å². The van der Waals surface area contributed by atoms with Crippen LogP contribution in [0.2, 0.25) is 0 Å². The van der Waals surface area contributed by atoms with Crippen molar-refractivity contribution in [3.05, 3.63) is 0 Å². The van der Waals surface area contributed by atoms with Crippen molar-refractivity contribution in [3.63, 3.8) is 0 Å². The van der Waals surface area contributed by atoms with Crippen LogP contribution in [0.15, 0.2) is 0 Å².